The molecule has 0 bridgehead atoms. The highest BCUT2D eigenvalue weighted by Gasteiger charge is 2.10. The molecule has 12 heteroatoms. The molecule has 0 unspecified atom stereocenters. The quantitative estimate of drug-likeness (QED) is 0.510. The number of aromatic nitrogens is 4. The molecule has 3 N–H and O–H groups in total. The van der Waals surface area contributed by atoms with Crippen LogP contribution in [0.5, 0.6) is 5.75 Å². The van der Waals surface area contributed by atoms with Crippen molar-refractivity contribution in [3.05, 3.63) is 64.4 Å². The number of tetrazole rings is 1. The molecule has 0 atom stereocenters. The summed E-state index contributed by atoms with van der Waals surface area (Å²) in [6.45, 7) is -0.215. The summed E-state index contributed by atoms with van der Waals surface area (Å²) in [4.78, 5) is 24.7. The van der Waals surface area contributed by atoms with Gasteiger partial charge in [-0.25, -0.2) is 10.2 Å². The molecule has 10 nitrogen and oxygen atoms in total. The van der Waals surface area contributed by atoms with Gasteiger partial charge in [-0.2, -0.15) is 4.80 Å². The van der Waals surface area contributed by atoms with Crippen molar-refractivity contribution >= 4 is 40.8 Å². The third-order valence-corrected chi connectivity index (χ3v) is 3.95. The molecule has 3 amide bonds. The monoisotopic (exact) mass is 435 g/mol. The summed E-state index contributed by atoms with van der Waals surface area (Å²) < 4.78 is 5.50. The zero-order valence-corrected chi connectivity index (χ0v) is 16.3. The molecule has 0 spiro atoms. The fraction of sp³-hybridized carbons (Fsp3) is 0.118. The zero-order valence-electron chi connectivity index (χ0n) is 14.8. The number of hydrogen-bond acceptors (Lipinski definition) is 6. The minimum Gasteiger partial charge on any atom is -0.484 e. The summed E-state index contributed by atoms with van der Waals surface area (Å²) in [5.74, 6) is 0.206. The number of halogens is 2. The normalized spacial score (nSPS) is 10.3. The van der Waals surface area contributed by atoms with E-state index < -0.39 is 11.9 Å². The van der Waals surface area contributed by atoms with Crippen LogP contribution in [-0.2, 0) is 17.9 Å². The van der Waals surface area contributed by atoms with Crippen molar-refractivity contribution in [3.8, 4) is 5.75 Å². The van der Waals surface area contributed by atoms with Crippen molar-refractivity contribution in [3.63, 3.8) is 0 Å². The standard InChI is InChI=1S/C17H15Cl2N7O3/c18-11-5-7-12(8-6-11)20-17(28)23-22-16(27)9-26-24-15(21-25-26)10-29-14-4-2-1-3-13(14)19/h1-8H,9-10H2,(H,22,27)(H2,20,23,28). The van der Waals surface area contributed by atoms with E-state index >= 15 is 0 Å². The van der Waals surface area contributed by atoms with E-state index in [9.17, 15) is 9.59 Å². The van der Waals surface area contributed by atoms with E-state index in [0.717, 1.165) is 4.80 Å². The Morgan fingerprint density at radius 2 is 1.79 bits per heavy atom. The molecule has 1 aromatic heterocycles. The number of nitrogens with one attached hydrogen (secondary N) is 3. The Labute approximate surface area is 175 Å². The number of urea groups is 1. The average molecular weight is 436 g/mol. The summed E-state index contributed by atoms with van der Waals surface area (Å²) in [5, 5.41) is 15.1. The smallest absolute Gasteiger partial charge is 0.337 e. The first-order valence-electron chi connectivity index (χ1n) is 8.25. The molecule has 0 aliphatic heterocycles. The Balaban J connectivity index is 1.42. The Morgan fingerprint density at radius 1 is 1.03 bits per heavy atom. The van der Waals surface area contributed by atoms with Gasteiger partial charge in [0.2, 0.25) is 5.82 Å². The van der Waals surface area contributed by atoms with Crippen molar-refractivity contribution in [2.24, 2.45) is 0 Å². The number of hydrogen-bond donors (Lipinski definition) is 3. The van der Waals surface area contributed by atoms with Crippen LogP contribution < -0.4 is 20.9 Å². The maximum Gasteiger partial charge on any atom is 0.337 e. The third-order valence-electron chi connectivity index (χ3n) is 3.39. The number of nitrogens with zero attached hydrogens (tertiary/aromatic N) is 4. The van der Waals surface area contributed by atoms with Gasteiger partial charge in [0.15, 0.2) is 6.61 Å². The molecule has 0 saturated heterocycles. The van der Waals surface area contributed by atoms with Gasteiger partial charge in [0, 0.05) is 10.7 Å². The van der Waals surface area contributed by atoms with E-state index in [1.807, 2.05) is 0 Å². The fourth-order valence-corrected chi connectivity index (χ4v) is 2.41. The number of para-hydroxylation sites is 1. The van der Waals surface area contributed by atoms with Crippen molar-refractivity contribution < 1.29 is 14.3 Å². The SMILES string of the molecule is O=C(Cn1nnc(COc2ccccc2Cl)n1)NNC(=O)Nc1ccc(Cl)cc1. The Hall–Kier alpha value is -3.37. The zero-order chi connectivity index (χ0) is 20.6. The van der Waals surface area contributed by atoms with E-state index in [4.69, 9.17) is 27.9 Å². The number of anilines is 1. The first-order valence-corrected chi connectivity index (χ1v) is 9.00. The summed E-state index contributed by atoms with van der Waals surface area (Å²) in [5.41, 5.74) is 4.96. The van der Waals surface area contributed by atoms with Gasteiger partial charge in [0.25, 0.3) is 5.91 Å². The van der Waals surface area contributed by atoms with Gasteiger partial charge in [-0.3, -0.25) is 10.2 Å². The lowest BCUT2D eigenvalue weighted by molar-refractivity contribution is -0.122. The van der Waals surface area contributed by atoms with Crippen LogP contribution in [0.1, 0.15) is 5.82 Å². The highest BCUT2D eigenvalue weighted by atomic mass is 35.5. The van der Waals surface area contributed by atoms with Crippen LogP contribution in [0.2, 0.25) is 10.0 Å². The lowest BCUT2D eigenvalue weighted by Gasteiger charge is -2.08. The van der Waals surface area contributed by atoms with Crippen molar-refractivity contribution in [2.45, 2.75) is 13.2 Å². The van der Waals surface area contributed by atoms with Crippen LogP contribution in [-0.4, -0.2) is 32.1 Å². The lowest BCUT2D eigenvalue weighted by atomic mass is 10.3. The summed E-state index contributed by atoms with van der Waals surface area (Å²) in [6, 6.07) is 12.8. The first-order chi connectivity index (χ1) is 14.0. The van der Waals surface area contributed by atoms with Crippen LogP contribution in [0.4, 0.5) is 10.5 Å². The highest BCUT2D eigenvalue weighted by Crippen LogP contribution is 2.23. The third kappa shape index (κ3) is 6.33. The number of carbonyl (C=O) groups excluding carboxylic acids is 2. The number of rotatable bonds is 6. The topological polar surface area (TPSA) is 123 Å². The Morgan fingerprint density at radius 3 is 2.55 bits per heavy atom. The summed E-state index contributed by atoms with van der Waals surface area (Å²) >= 11 is 11.8. The van der Waals surface area contributed by atoms with Gasteiger partial charge in [-0.15, -0.1) is 10.2 Å². The summed E-state index contributed by atoms with van der Waals surface area (Å²) in [6.07, 6.45) is 0. The Kier molecular flexibility index (Phi) is 6.82. The highest BCUT2D eigenvalue weighted by molar-refractivity contribution is 6.32. The molecule has 0 saturated carbocycles. The maximum atomic E-state index is 11.9. The average Bonchev–Trinajstić information content (AvgIpc) is 3.15. The molecule has 0 aliphatic rings. The molecular formula is C17H15Cl2N7O3. The van der Waals surface area contributed by atoms with Crippen LogP contribution in [0.3, 0.4) is 0 Å². The second-order valence-electron chi connectivity index (χ2n) is 5.59. The second kappa shape index (κ2) is 9.71. The number of benzene rings is 2. The number of amides is 3. The predicted molar refractivity (Wildman–Crippen MR) is 105 cm³/mol. The van der Waals surface area contributed by atoms with Crippen molar-refractivity contribution in [2.75, 3.05) is 5.32 Å². The van der Waals surface area contributed by atoms with E-state index in [-0.39, 0.29) is 19.0 Å². The van der Waals surface area contributed by atoms with E-state index in [0.29, 0.717) is 21.5 Å². The van der Waals surface area contributed by atoms with Gasteiger partial charge < -0.3 is 10.1 Å². The second-order valence-corrected chi connectivity index (χ2v) is 6.43. The maximum absolute atomic E-state index is 11.9. The molecule has 29 heavy (non-hydrogen) atoms. The molecule has 0 aliphatic carbocycles. The molecule has 0 radical (unpaired) electrons. The number of hydrazine groups is 1. The largest absolute Gasteiger partial charge is 0.484 e. The van der Waals surface area contributed by atoms with Gasteiger partial charge in [-0.1, -0.05) is 35.3 Å². The molecule has 150 valence electrons. The van der Waals surface area contributed by atoms with Gasteiger partial charge >= 0.3 is 6.03 Å². The van der Waals surface area contributed by atoms with Gasteiger partial charge in [-0.05, 0) is 41.6 Å². The predicted octanol–water partition coefficient (Wildman–Crippen LogP) is 2.41. The first kappa shape index (κ1) is 20.4. The van der Waals surface area contributed by atoms with Crippen LogP contribution in [0.15, 0.2) is 48.5 Å². The van der Waals surface area contributed by atoms with Crippen LogP contribution >= 0.6 is 23.2 Å². The lowest BCUT2D eigenvalue weighted by Crippen LogP contribution is -2.45. The summed E-state index contributed by atoms with van der Waals surface area (Å²) in [7, 11) is 0. The molecule has 3 aromatic rings. The molecular weight excluding hydrogens is 421 g/mol. The molecule has 3 rings (SSSR count). The van der Waals surface area contributed by atoms with Crippen molar-refractivity contribution in [1.29, 1.82) is 0 Å². The molecule has 1 heterocycles. The number of carbonyl (C=O) groups is 2. The minimum atomic E-state index is -0.624. The minimum absolute atomic E-state index is 0.0348. The van der Waals surface area contributed by atoms with Crippen LogP contribution in [0, 0.1) is 0 Å². The fourth-order valence-electron chi connectivity index (χ4n) is 2.10. The van der Waals surface area contributed by atoms with Gasteiger partial charge in [0.1, 0.15) is 12.3 Å². The van der Waals surface area contributed by atoms with Crippen molar-refractivity contribution in [1.82, 2.24) is 31.1 Å². The van der Waals surface area contributed by atoms with E-state index in [1.165, 1.54) is 0 Å². The number of ether oxygens (including phenoxy) is 1. The van der Waals surface area contributed by atoms with Gasteiger partial charge in [0.05, 0.1) is 5.02 Å². The van der Waals surface area contributed by atoms with E-state index in [1.54, 1.807) is 48.5 Å². The van der Waals surface area contributed by atoms with E-state index in [2.05, 4.69) is 31.6 Å². The Bertz CT molecular complexity index is 995. The molecule has 0 fully saturated rings. The van der Waals surface area contributed by atoms with Crippen LogP contribution in [0.25, 0.3) is 0 Å². The molecule has 2 aromatic carbocycles.